The van der Waals surface area contributed by atoms with E-state index < -0.39 is 0 Å². The fraction of sp³-hybridized carbons (Fsp3) is 0.263. The molecule has 1 aliphatic heterocycles. The molecule has 2 aromatic rings. The first-order valence-electron chi connectivity index (χ1n) is 8.55. The molecule has 6 nitrogen and oxygen atoms in total. The maximum absolute atomic E-state index is 12.7. The molecule has 0 saturated carbocycles. The first-order valence-corrected chi connectivity index (χ1v) is 8.93. The van der Waals surface area contributed by atoms with Crippen molar-refractivity contribution >= 4 is 34.9 Å². The van der Waals surface area contributed by atoms with Gasteiger partial charge in [-0.2, -0.15) is 0 Å². The molecule has 3 rings (SSSR count). The first kappa shape index (κ1) is 18.2. The van der Waals surface area contributed by atoms with Crippen LogP contribution in [0.2, 0.25) is 5.02 Å². The van der Waals surface area contributed by atoms with Crippen molar-refractivity contribution in [3.05, 3.63) is 58.6 Å². The third kappa shape index (κ3) is 3.98. The molecule has 7 heteroatoms. The number of rotatable bonds is 6. The van der Waals surface area contributed by atoms with Gasteiger partial charge in [0, 0.05) is 30.9 Å². The summed E-state index contributed by atoms with van der Waals surface area (Å²) < 4.78 is 0. The molecule has 0 aromatic heterocycles. The summed E-state index contributed by atoms with van der Waals surface area (Å²) in [4.78, 5) is 26.1. The fourth-order valence-electron chi connectivity index (χ4n) is 2.81. The summed E-state index contributed by atoms with van der Waals surface area (Å²) in [5.74, 6) is -0.244. The van der Waals surface area contributed by atoms with Crippen LogP contribution in [0.4, 0.5) is 16.2 Å². The van der Waals surface area contributed by atoms with Gasteiger partial charge in [-0.25, -0.2) is 4.79 Å². The van der Waals surface area contributed by atoms with Gasteiger partial charge in [0.15, 0.2) is 0 Å². The highest BCUT2D eigenvalue weighted by atomic mass is 35.5. The van der Waals surface area contributed by atoms with Crippen LogP contribution in [0, 0.1) is 0 Å². The molecule has 3 N–H and O–H groups in total. The smallest absolute Gasteiger partial charge is 0.322 e. The van der Waals surface area contributed by atoms with E-state index in [1.807, 2.05) is 31.2 Å². The van der Waals surface area contributed by atoms with Crippen molar-refractivity contribution in [1.29, 1.82) is 0 Å². The number of anilines is 2. The van der Waals surface area contributed by atoms with Crippen molar-refractivity contribution in [3.63, 3.8) is 0 Å². The molecular formula is C19H21ClN4O2. The van der Waals surface area contributed by atoms with E-state index in [-0.39, 0.29) is 11.9 Å². The monoisotopic (exact) mass is 372 g/mol. The summed E-state index contributed by atoms with van der Waals surface area (Å²) in [5.41, 5.74) is 2.75. The second kappa shape index (κ2) is 8.21. The number of amides is 3. The van der Waals surface area contributed by atoms with Crippen molar-refractivity contribution in [2.75, 3.05) is 29.9 Å². The van der Waals surface area contributed by atoms with Crippen LogP contribution >= 0.6 is 11.6 Å². The maximum atomic E-state index is 12.7. The van der Waals surface area contributed by atoms with Crippen LogP contribution in [-0.4, -0.2) is 31.6 Å². The van der Waals surface area contributed by atoms with Gasteiger partial charge in [0.05, 0.1) is 10.7 Å². The van der Waals surface area contributed by atoms with Crippen LogP contribution < -0.4 is 20.9 Å². The minimum absolute atomic E-state index is 0.208. The number of hydrogen-bond acceptors (Lipinski definition) is 3. The number of urea groups is 1. The third-order valence-electron chi connectivity index (χ3n) is 4.19. The number of nitrogens with one attached hydrogen (secondary N) is 3. The van der Waals surface area contributed by atoms with E-state index >= 15 is 0 Å². The minimum Gasteiger partial charge on any atom is -0.336 e. The van der Waals surface area contributed by atoms with Crippen molar-refractivity contribution in [2.24, 2.45) is 0 Å². The zero-order valence-corrected chi connectivity index (χ0v) is 15.3. The van der Waals surface area contributed by atoms with Gasteiger partial charge in [0.2, 0.25) is 0 Å². The van der Waals surface area contributed by atoms with Crippen LogP contribution in [0.25, 0.3) is 0 Å². The molecule has 0 aliphatic carbocycles. The van der Waals surface area contributed by atoms with Gasteiger partial charge in [-0.1, -0.05) is 36.7 Å². The highest BCUT2D eigenvalue weighted by Gasteiger charge is 2.24. The average molecular weight is 373 g/mol. The van der Waals surface area contributed by atoms with E-state index in [1.54, 1.807) is 18.2 Å². The Bertz CT molecular complexity index is 825. The number of hydrogen-bond donors (Lipinski definition) is 3. The second-order valence-electron chi connectivity index (χ2n) is 5.94. The van der Waals surface area contributed by atoms with E-state index in [0.717, 1.165) is 17.8 Å². The Kier molecular flexibility index (Phi) is 5.75. The highest BCUT2D eigenvalue weighted by molar-refractivity contribution is 6.34. The first-order chi connectivity index (χ1) is 12.6. The Morgan fingerprint density at radius 3 is 2.81 bits per heavy atom. The van der Waals surface area contributed by atoms with Crippen molar-refractivity contribution in [2.45, 2.75) is 13.5 Å². The molecule has 1 saturated heterocycles. The lowest BCUT2D eigenvalue weighted by Crippen LogP contribution is -2.28. The van der Waals surface area contributed by atoms with Crippen LogP contribution in [0.15, 0.2) is 42.5 Å². The molecule has 1 fully saturated rings. The molecule has 0 bridgehead atoms. The Labute approximate surface area is 157 Å². The van der Waals surface area contributed by atoms with Gasteiger partial charge in [0.25, 0.3) is 5.91 Å². The number of carbonyl (C=O) groups is 2. The molecule has 1 aliphatic rings. The summed E-state index contributed by atoms with van der Waals surface area (Å²) in [6.45, 7) is 4.64. The van der Waals surface area contributed by atoms with E-state index in [9.17, 15) is 9.59 Å². The van der Waals surface area contributed by atoms with E-state index in [0.29, 0.717) is 35.9 Å². The summed E-state index contributed by atoms with van der Waals surface area (Å²) in [6.07, 6.45) is 0. The minimum atomic E-state index is -0.244. The Balaban J connectivity index is 1.82. The Morgan fingerprint density at radius 1 is 1.27 bits per heavy atom. The molecule has 136 valence electrons. The molecular weight excluding hydrogens is 352 g/mol. The number of benzene rings is 2. The molecule has 2 aromatic carbocycles. The van der Waals surface area contributed by atoms with E-state index in [4.69, 9.17) is 11.6 Å². The van der Waals surface area contributed by atoms with Crippen molar-refractivity contribution < 1.29 is 9.59 Å². The lowest BCUT2D eigenvalue weighted by atomic mass is 10.1. The fourth-order valence-corrected chi connectivity index (χ4v) is 3.03. The SMILES string of the molecule is CCNCc1ccccc1NC(=O)c1ccc(Cl)c(N2CCNC2=O)c1. The predicted molar refractivity (Wildman–Crippen MR) is 104 cm³/mol. The van der Waals surface area contributed by atoms with Gasteiger partial charge in [0.1, 0.15) is 0 Å². The maximum Gasteiger partial charge on any atom is 0.322 e. The molecule has 0 unspecified atom stereocenters. The molecule has 3 amide bonds. The Morgan fingerprint density at radius 2 is 2.08 bits per heavy atom. The molecule has 26 heavy (non-hydrogen) atoms. The topological polar surface area (TPSA) is 73.5 Å². The molecule has 0 radical (unpaired) electrons. The largest absolute Gasteiger partial charge is 0.336 e. The zero-order chi connectivity index (χ0) is 18.5. The van der Waals surface area contributed by atoms with Crippen molar-refractivity contribution in [3.8, 4) is 0 Å². The molecule has 0 atom stereocenters. The van der Waals surface area contributed by atoms with Crippen LogP contribution in [0.5, 0.6) is 0 Å². The molecule has 0 spiro atoms. The summed E-state index contributed by atoms with van der Waals surface area (Å²) in [6, 6.07) is 12.4. The van der Waals surface area contributed by atoms with Gasteiger partial charge in [-0.05, 0) is 36.4 Å². The zero-order valence-electron chi connectivity index (χ0n) is 14.5. The summed E-state index contributed by atoms with van der Waals surface area (Å²) in [7, 11) is 0. The molecule has 1 heterocycles. The second-order valence-corrected chi connectivity index (χ2v) is 6.35. The summed E-state index contributed by atoms with van der Waals surface area (Å²) >= 11 is 6.23. The van der Waals surface area contributed by atoms with Gasteiger partial charge >= 0.3 is 6.03 Å². The lowest BCUT2D eigenvalue weighted by Gasteiger charge is -2.17. The normalized spacial score (nSPS) is 13.6. The standard InChI is InChI=1S/C19H21ClN4O2/c1-2-21-12-14-5-3-4-6-16(14)23-18(25)13-7-8-15(20)17(11-13)24-10-9-22-19(24)26/h3-8,11,21H,2,9-10,12H2,1H3,(H,22,26)(H,23,25). The predicted octanol–water partition coefficient (Wildman–Crippen LogP) is 3.23. The lowest BCUT2D eigenvalue weighted by molar-refractivity contribution is 0.102. The van der Waals surface area contributed by atoms with Crippen LogP contribution in [-0.2, 0) is 6.54 Å². The number of carbonyl (C=O) groups excluding carboxylic acids is 2. The number of para-hydroxylation sites is 1. The van der Waals surface area contributed by atoms with Gasteiger partial charge in [-0.15, -0.1) is 0 Å². The summed E-state index contributed by atoms with van der Waals surface area (Å²) in [5, 5.41) is 9.37. The highest BCUT2D eigenvalue weighted by Crippen LogP contribution is 2.28. The van der Waals surface area contributed by atoms with Crippen LogP contribution in [0.1, 0.15) is 22.8 Å². The van der Waals surface area contributed by atoms with Crippen molar-refractivity contribution in [1.82, 2.24) is 10.6 Å². The van der Waals surface area contributed by atoms with Crippen LogP contribution in [0.3, 0.4) is 0 Å². The Hall–Kier alpha value is -2.57. The van der Waals surface area contributed by atoms with E-state index in [2.05, 4.69) is 16.0 Å². The van der Waals surface area contributed by atoms with Gasteiger partial charge < -0.3 is 16.0 Å². The quantitative estimate of drug-likeness (QED) is 0.728. The van der Waals surface area contributed by atoms with E-state index in [1.165, 1.54) is 4.90 Å². The number of halogens is 1. The number of nitrogens with zero attached hydrogens (tertiary/aromatic N) is 1. The third-order valence-corrected chi connectivity index (χ3v) is 4.51. The average Bonchev–Trinajstić information content (AvgIpc) is 3.07. The van der Waals surface area contributed by atoms with Gasteiger partial charge in [-0.3, -0.25) is 9.69 Å².